The molecule has 0 spiro atoms. The molecule has 0 amide bonds. The number of rotatable bonds is 9. The van der Waals surface area contributed by atoms with Crippen molar-refractivity contribution >= 4 is 23.2 Å². The molecule has 7 aromatic heterocycles. The maximum Gasteiger partial charge on any atom is 0.150 e. The summed E-state index contributed by atoms with van der Waals surface area (Å²) in [6.07, 6.45) is 5.27. The molecular formula is C59H102Cl2N14. The summed E-state index contributed by atoms with van der Waals surface area (Å²) in [7, 11) is 8.00. The second kappa shape index (κ2) is 31.3. The normalized spacial score (nSPS) is 11.0. The van der Waals surface area contributed by atoms with Crippen LogP contribution in [-0.4, -0.2) is 67.7 Å². The van der Waals surface area contributed by atoms with Crippen LogP contribution in [-0.2, 0) is 41.2 Å². The lowest BCUT2D eigenvalue weighted by Gasteiger charge is -2.06. The summed E-state index contributed by atoms with van der Waals surface area (Å²) in [5.41, 5.74) is 11.9. The number of aromatic nitrogens is 14. The maximum atomic E-state index is 6.01. The van der Waals surface area contributed by atoms with Crippen LogP contribution in [0.3, 0.4) is 0 Å². The van der Waals surface area contributed by atoms with Gasteiger partial charge in [0.1, 0.15) is 45.9 Å². The Morgan fingerprint density at radius 1 is 0.440 bits per heavy atom. The third-order valence-electron chi connectivity index (χ3n) is 12.9. The molecule has 0 unspecified atom stereocenters. The molecule has 7 rings (SSSR count). The summed E-state index contributed by atoms with van der Waals surface area (Å²) >= 11 is 11.9. The van der Waals surface area contributed by atoms with Gasteiger partial charge in [0, 0.05) is 64.2 Å². The number of aromatic amines is 2. The molecule has 0 radical (unpaired) electrons. The second-order valence-corrected chi connectivity index (χ2v) is 22.5. The number of hydrogen-bond donors (Lipinski definition) is 2. The first-order chi connectivity index (χ1) is 34.6. The summed E-state index contributed by atoms with van der Waals surface area (Å²) in [6.45, 7) is 53.6. The van der Waals surface area contributed by atoms with Gasteiger partial charge in [-0.3, -0.25) is 0 Å². The quantitative estimate of drug-likeness (QED) is 0.146. The summed E-state index contributed by atoms with van der Waals surface area (Å²) in [5, 5.41) is 1.40. The topological polar surface area (TPSA) is 146 Å². The fourth-order valence-corrected chi connectivity index (χ4v) is 8.82. The minimum Gasteiger partial charge on any atom is -0.346 e. The van der Waals surface area contributed by atoms with E-state index in [1.54, 1.807) is 0 Å². The van der Waals surface area contributed by atoms with Gasteiger partial charge in [0.2, 0.25) is 0 Å². The standard InChI is InChI=1S/3C9H16N2.2C8H13ClN2.2C8H14N2/c1-6(2)9-7(3)11(5)8(4)10-9;1-5-11-6-9(7(2)3)10-8(11)4;1-5-8-9(6(2)3)11-7(4)10-8;1-5(2)7-8(9)10-6(3)11(7)4;1-5(2)7-8(9)11(4)6(3)10-7;1-6(2)8-5-10(4)7(3)9-8;1-5(2)8-6(3)9-7(4)10-8/h6H,1-5H3;6-7H,5H2,1-4H3;6H,5H2,1-4H3,(H,10,11);2*5H,1-4H3;5-6H,1-4H3;5H,1-4H3,(H,9,10). The lowest BCUT2D eigenvalue weighted by Crippen LogP contribution is -1.99. The second-order valence-electron chi connectivity index (χ2n) is 21.8. The molecular weight excluding hydrogens is 976 g/mol. The molecule has 0 saturated heterocycles. The lowest BCUT2D eigenvalue weighted by molar-refractivity contribution is 0.724. The van der Waals surface area contributed by atoms with Gasteiger partial charge in [0.05, 0.1) is 39.9 Å². The number of aryl methyl sites for hydroxylation is 11. The molecule has 0 aliphatic carbocycles. The number of H-pyrrole nitrogens is 2. The van der Waals surface area contributed by atoms with Crippen molar-refractivity contribution < 1.29 is 0 Å². The van der Waals surface area contributed by atoms with E-state index < -0.39 is 0 Å². The van der Waals surface area contributed by atoms with Crippen molar-refractivity contribution in [2.24, 2.45) is 28.2 Å². The van der Waals surface area contributed by atoms with Crippen molar-refractivity contribution in [1.29, 1.82) is 0 Å². The summed E-state index contributed by atoms with van der Waals surface area (Å²) < 4.78 is 10.3. The maximum absolute atomic E-state index is 6.01. The van der Waals surface area contributed by atoms with Gasteiger partial charge in [-0.2, -0.15) is 0 Å². The van der Waals surface area contributed by atoms with E-state index in [4.69, 9.17) is 23.2 Å². The van der Waals surface area contributed by atoms with Crippen molar-refractivity contribution in [3.8, 4) is 0 Å². The van der Waals surface area contributed by atoms with Crippen LogP contribution in [0.1, 0.15) is 250 Å². The highest BCUT2D eigenvalue weighted by atomic mass is 35.5. The zero-order chi connectivity index (χ0) is 58.1. The van der Waals surface area contributed by atoms with E-state index in [-0.39, 0.29) is 0 Å². The highest BCUT2D eigenvalue weighted by molar-refractivity contribution is 6.30. The Morgan fingerprint density at radius 3 is 1.11 bits per heavy atom. The van der Waals surface area contributed by atoms with E-state index in [0.717, 1.165) is 70.3 Å². The minimum atomic E-state index is 0.405. The fourth-order valence-electron chi connectivity index (χ4n) is 7.97. The lowest BCUT2D eigenvalue weighted by atomic mass is 10.1. The van der Waals surface area contributed by atoms with E-state index >= 15 is 0 Å². The highest BCUT2D eigenvalue weighted by Crippen LogP contribution is 2.25. The Bertz CT molecular complexity index is 2680. The third-order valence-corrected chi connectivity index (χ3v) is 13.7. The zero-order valence-electron chi connectivity index (χ0n) is 52.2. The van der Waals surface area contributed by atoms with E-state index in [2.05, 4.69) is 210 Å². The number of imidazole rings is 7. The smallest absolute Gasteiger partial charge is 0.150 e. The van der Waals surface area contributed by atoms with Crippen molar-refractivity contribution in [2.45, 2.75) is 227 Å². The number of halogens is 2. The van der Waals surface area contributed by atoms with Gasteiger partial charge in [-0.25, -0.2) is 34.9 Å². The van der Waals surface area contributed by atoms with Gasteiger partial charge in [-0.1, -0.05) is 127 Å². The van der Waals surface area contributed by atoms with Crippen LogP contribution in [0.25, 0.3) is 0 Å². The molecule has 0 aromatic carbocycles. The molecule has 0 saturated carbocycles. The molecule has 7 heterocycles. The predicted molar refractivity (Wildman–Crippen MR) is 319 cm³/mol. The van der Waals surface area contributed by atoms with Crippen molar-refractivity contribution in [3.05, 3.63) is 120 Å². The average molecular weight is 1080 g/mol. The highest BCUT2D eigenvalue weighted by Gasteiger charge is 2.15. The van der Waals surface area contributed by atoms with Gasteiger partial charge in [-0.05, 0) is 117 Å². The molecule has 2 N–H and O–H groups in total. The molecule has 75 heavy (non-hydrogen) atoms. The van der Waals surface area contributed by atoms with Gasteiger partial charge in [-0.15, -0.1) is 0 Å². The van der Waals surface area contributed by atoms with Gasteiger partial charge in [0.15, 0.2) is 5.15 Å². The van der Waals surface area contributed by atoms with Crippen LogP contribution < -0.4 is 0 Å². The summed E-state index contributed by atoms with van der Waals surface area (Å²) in [5.74, 6) is 10.8. The van der Waals surface area contributed by atoms with Crippen molar-refractivity contribution in [1.82, 2.24) is 67.7 Å². The van der Waals surface area contributed by atoms with Gasteiger partial charge < -0.3 is 32.8 Å². The van der Waals surface area contributed by atoms with Gasteiger partial charge in [0.25, 0.3) is 0 Å². The Balaban J connectivity index is 0.000000438. The molecule has 0 fully saturated rings. The van der Waals surface area contributed by atoms with Crippen LogP contribution >= 0.6 is 23.2 Å². The largest absolute Gasteiger partial charge is 0.346 e. The summed E-state index contributed by atoms with van der Waals surface area (Å²) in [6, 6.07) is 0. The third kappa shape index (κ3) is 20.5. The van der Waals surface area contributed by atoms with Gasteiger partial charge >= 0.3 is 0 Å². The SMILES string of the molecule is CCc1[nH]c(C)nc1C(C)C.CCn1cc(C(C)C)nc1C.Cc1nc(C(C)C)c(C)[nH]1.Cc1nc(C(C)C)c(C)n1C.Cc1nc(C(C)C)c(Cl)n1C.Cc1nc(C(C)C)cn1C.Cc1nc(Cl)c(C(C)C)n1C. The Labute approximate surface area is 464 Å². The number of nitrogens with zero attached hydrogens (tertiary/aromatic N) is 12. The Kier molecular flexibility index (Phi) is 28.4. The van der Waals surface area contributed by atoms with Crippen LogP contribution in [0.15, 0.2) is 12.4 Å². The van der Waals surface area contributed by atoms with Crippen LogP contribution in [0.4, 0.5) is 0 Å². The van der Waals surface area contributed by atoms with E-state index in [1.807, 2.05) is 71.8 Å². The predicted octanol–water partition coefficient (Wildman–Crippen LogP) is 15.9. The van der Waals surface area contributed by atoms with E-state index in [0.29, 0.717) is 46.6 Å². The van der Waals surface area contributed by atoms with Crippen molar-refractivity contribution in [3.63, 3.8) is 0 Å². The molecule has 0 aliphatic heterocycles. The summed E-state index contributed by atoms with van der Waals surface area (Å²) in [4.78, 5) is 37.0. The molecule has 0 bridgehead atoms. The Hall–Kier alpha value is -4.95. The first-order valence-corrected chi connectivity index (χ1v) is 27.9. The minimum absolute atomic E-state index is 0.405. The monoisotopic (exact) mass is 1080 g/mol. The molecule has 16 heteroatoms. The first kappa shape index (κ1) is 68.1. The average Bonchev–Trinajstić information content (AvgIpc) is 4.19. The van der Waals surface area contributed by atoms with Crippen LogP contribution in [0.2, 0.25) is 10.3 Å². The molecule has 0 aliphatic rings. The fraction of sp³-hybridized carbons (Fsp3) is 0.644. The van der Waals surface area contributed by atoms with Crippen molar-refractivity contribution in [2.75, 3.05) is 0 Å². The van der Waals surface area contributed by atoms with Crippen LogP contribution in [0, 0.1) is 62.3 Å². The number of nitrogens with one attached hydrogen (secondary N) is 2. The molecule has 0 atom stereocenters. The molecule has 7 aromatic rings. The van der Waals surface area contributed by atoms with E-state index in [1.165, 1.54) is 45.6 Å². The van der Waals surface area contributed by atoms with E-state index in [9.17, 15) is 0 Å². The molecule has 14 nitrogen and oxygen atoms in total. The molecule has 422 valence electrons. The Morgan fingerprint density at radius 2 is 0.880 bits per heavy atom. The zero-order valence-corrected chi connectivity index (χ0v) is 53.7. The number of hydrogen-bond acceptors (Lipinski definition) is 7. The van der Waals surface area contributed by atoms with Crippen LogP contribution in [0.5, 0.6) is 0 Å². The first-order valence-electron chi connectivity index (χ1n) is 27.1.